The van der Waals surface area contributed by atoms with Crippen molar-refractivity contribution in [2.75, 3.05) is 6.79 Å². The lowest BCUT2D eigenvalue weighted by Crippen LogP contribution is -2.17. The molecule has 0 aliphatic carbocycles. The number of nitro benzene ring substituents is 1. The summed E-state index contributed by atoms with van der Waals surface area (Å²) in [7, 11) is 0. The van der Waals surface area contributed by atoms with E-state index in [1.807, 2.05) is 0 Å². The van der Waals surface area contributed by atoms with Gasteiger partial charge >= 0.3 is 0 Å². The molecule has 8 nitrogen and oxygen atoms in total. The number of ether oxygens (including phenoxy) is 2. The summed E-state index contributed by atoms with van der Waals surface area (Å²) in [6, 6.07) is 10.6. The van der Waals surface area contributed by atoms with Gasteiger partial charge in [-0.3, -0.25) is 14.9 Å². The number of hydrogen-bond acceptors (Lipinski definition) is 6. The fourth-order valence-corrected chi connectivity index (χ4v) is 1.95. The van der Waals surface area contributed by atoms with Gasteiger partial charge < -0.3 is 9.47 Å². The Balaban J connectivity index is 1.63. The van der Waals surface area contributed by atoms with Gasteiger partial charge in [0.2, 0.25) is 6.79 Å². The normalized spacial score (nSPS) is 12.3. The minimum absolute atomic E-state index is 0.00783. The molecule has 0 saturated heterocycles. The molecule has 0 aromatic heterocycles. The topological polar surface area (TPSA) is 103 Å². The second-order valence-corrected chi connectivity index (χ2v) is 4.62. The van der Waals surface area contributed by atoms with Gasteiger partial charge in [0.15, 0.2) is 11.5 Å². The van der Waals surface area contributed by atoms with Gasteiger partial charge in [0.25, 0.3) is 11.6 Å². The maximum absolute atomic E-state index is 12.0. The number of nitrogens with one attached hydrogen (secondary N) is 1. The van der Waals surface area contributed by atoms with Crippen LogP contribution in [0.25, 0.3) is 0 Å². The molecule has 1 aliphatic rings. The van der Waals surface area contributed by atoms with Gasteiger partial charge in [-0.1, -0.05) is 0 Å². The van der Waals surface area contributed by atoms with Gasteiger partial charge in [-0.05, 0) is 35.9 Å². The summed E-state index contributed by atoms with van der Waals surface area (Å²) in [5, 5.41) is 14.4. The molecule has 0 radical (unpaired) electrons. The highest BCUT2D eigenvalue weighted by Crippen LogP contribution is 2.32. The predicted molar refractivity (Wildman–Crippen MR) is 80.7 cm³/mol. The highest BCUT2D eigenvalue weighted by atomic mass is 16.7. The Kier molecular flexibility index (Phi) is 3.88. The van der Waals surface area contributed by atoms with E-state index in [1.54, 1.807) is 18.2 Å². The van der Waals surface area contributed by atoms with Crippen molar-refractivity contribution < 1.29 is 19.2 Å². The molecule has 1 aliphatic heterocycles. The van der Waals surface area contributed by atoms with E-state index >= 15 is 0 Å². The highest BCUT2D eigenvalue weighted by Gasteiger charge is 2.15. The third kappa shape index (κ3) is 3.26. The number of carbonyl (C=O) groups excluding carboxylic acids is 1. The van der Waals surface area contributed by atoms with Crippen LogP contribution in [0.15, 0.2) is 47.6 Å². The fraction of sp³-hybridized carbons (Fsp3) is 0.0667. The molecule has 1 amide bonds. The molecule has 0 bridgehead atoms. The van der Waals surface area contributed by atoms with Crippen molar-refractivity contribution in [3.63, 3.8) is 0 Å². The Morgan fingerprint density at radius 2 is 1.91 bits per heavy atom. The monoisotopic (exact) mass is 313 g/mol. The number of benzene rings is 2. The maximum atomic E-state index is 12.0. The second-order valence-electron chi connectivity index (χ2n) is 4.62. The van der Waals surface area contributed by atoms with Gasteiger partial charge in [-0.15, -0.1) is 0 Å². The predicted octanol–water partition coefficient (Wildman–Crippen LogP) is 2.09. The lowest BCUT2D eigenvalue weighted by atomic mass is 10.2. The molecule has 0 atom stereocenters. The van der Waals surface area contributed by atoms with Crippen molar-refractivity contribution >= 4 is 17.8 Å². The van der Waals surface area contributed by atoms with Crippen LogP contribution in [-0.4, -0.2) is 23.8 Å². The lowest BCUT2D eigenvalue weighted by Gasteiger charge is -2.01. The molecule has 116 valence electrons. The smallest absolute Gasteiger partial charge is 0.271 e. The molecule has 0 spiro atoms. The van der Waals surface area contributed by atoms with E-state index in [1.165, 1.54) is 30.5 Å². The van der Waals surface area contributed by atoms with Crippen LogP contribution in [0.4, 0.5) is 5.69 Å². The first-order chi connectivity index (χ1) is 11.1. The van der Waals surface area contributed by atoms with E-state index in [-0.39, 0.29) is 12.5 Å². The number of fused-ring (bicyclic) bond motifs is 1. The number of rotatable bonds is 4. The minimum atomic E-state index is -0.484. The van der Waals surface area contributed by atoms with Crippen molar-refractivity contribution in [2.24, 2.45) is 5.10 Å². The van der Waals surface area contributed by atoms with Gasteiger partial charge in [-0.2, -0.15) is 5.10 Å². The quantitative estimate of drug-likeness (QED) is 0.529. The van der Waals surface area contributed by atoms with Crippen LogP contribution in [0.1, 0.15) is 15.9 Å². The first-order valence-corrected chi connectivity index (χ1v) is 6.61. The van der Waals surface area contributed by atoms with E-state index in [0.717, 1.165) is 0 Å². The van der Waals surface area contributed by atoms with Crippen molar-refractivity contribution in [3.05, 3.63) is 63.7 Å². The molecule has 0 saturated carbocycles. The zero-order valence-electron chi connectivity index (χ0n) is 11.8. The van der Waals surface area contributed by atoms with Crippen LogP contribution in [0.5, 0.6) is 11.5 Å². The SMILES string of the molecule is O=C(NN=Cc1ccc([N+](=O)[O-])cc1)c1ccc2c(c1)OCO2. The van der Waals surface area contributed by atoms with Crippen LogP contribution >= 0.6 is 0 Å². The van der Waals surface area contributed by atoms with E-state index in [2.05, 4.69) is 10.5 Å². The molecule has 0 unspecified atom stereocenters. The molecule has 0 fully saturated rings. The van der Waals surface area contributed by atoms with Crippen LogP contribution < -0.4 is 14.9 Å². The number of hydrazone groups is 1. The summed E-state index contributed by atoms with van der Waals surface area (Å²) < 4.78 is 10.4. The van der Waals surface area contributed by atoms with Crippen LogP contribution in [0, 0.1) is 10.1 Å². The van der Waals surface area contributed by atoms with Crippen LogP contribution in [0.2, 0.25) is 0 Å². The van der Waals surface area contributed by atoms with Crippen molar-refractivity contribution in [1.82, 2.24) is 5.43 Å². The van der Waals surface area contributed by atoms with Gasteiger partial charge in [-0.25, -0.2) is 5.43 Å². The number of non-ortho nitro benzene ring substituents is 1. The Morgan fingerprint density at radius 1 is 1.17 bits per heavy atom. The Hall–Kier alpha value is -3.42. The number of nitrogens with zero attached hydrogens (tertiary/aromatic N) is 2. The number of amides is 1. The summed E-state index contributed by atoms with van der Waals surface area (Å²) in [5.74, 6) is 0.703. The van der Waals surface area contributed by atoms with Gasteiger partial charge in [0, 0.05) is 17.7 Å². The summed E-state index contributed by atoms with van der Waals surface area (Å²) in [5.41, 5.74) is 3.38. The zero-order chi connectivity index (χ0) is 16.2. The number of hydrogen-bond donors (Lipinski definition) is 1. The Labute approximate surface area is 130 Å². The fourth-order valence-electron chi connectivity index (χ4n) is 1.95. The molecular formula is C15H11N3O5. The van der Waals surface area contributed by atoms with Gasteiger partial charge in [0.05, 0.1) is 11.1 Å². The molecule has 8 heteroatoms. The van der Waals surface area contributed by atoms with Crippen LogP contribution in [0.3, 0.4) is 0 Å². The highest BCUT2D eigenvalue weighted by molar-refractivity contribution is 5.95. The first-order valence-electron chi connectivity index (χ1n) is 6.61. The maximum Gasteiger partial charge on any atom is 0.271 e. The molecule has 2 aromatic carbocycles. The summed E-state index contributed by atoms with van der Waals surface area (Å²) in [6.45, 7) is 0.138. The molecule has 2 aromatic rings. The van der Waals surface area contributed by atoms with E-state index < -0.39 is 10.8 Å². The molecule has 3 rings (SSSR count). The largest absolute Gasteiger partial charge is 0.454 e. The van der Waals surface area contributed by atoms with Crippen molar-refractivity contribution in [3.8, 4) is 11.5 Å². The Morgan fingerprint density at radius 3 is 2.65 bits per heavy atom. The summed E-state index contributed by atoms with van der Waals surface area (Å²) in [4.78, 5) is 22.0. The minimum Gasteiger partial charge on any atom is -0.454 e. The standard InChI is InChI=1S/C15H11N3O5/c19-15(11-3-6-13-14(7-11)23-9-22-13)17-16-8-10-1-4-12(5-2-10)18(20)21/h1-8H,9H2,(H,17,19). The van der Waals surface area contributed by atoms with Crippen molar-refractivity contribution in [1.29, 1.82) is 0 Å². The lowest BCUT2D eigenvalue weighted by molar-refractivity contribution is -0.384. The molecule has 23 heavy (non-hydrogen) atoms. The second kappa shape index (κ2) is 6.14. The summed E-state index contributed by atoms with van der Waals surface area (Å²) in [6.07, 6.45) is 1.40. The zero-order valence-corrected chi connectivity index (χ0v) is 11.8. The third-order valence-corrected chi connectivity index (χ3v) is 3.12. The molecular weight excluding hydrogens is 302 g/mol. The van der Waals surface area contributed by atoms with Crippen LogP contribution in [-0.2, 0) is 0 Å². The summed E-state index contributed by atoms with van der Waals surface area (Å²) >= 11 is 0. The average molecular weight is 313 g/mol. The molecule has 1 N–H and O–H groups in total. The van der Waals surface area contributed by atoms with E-state index in [0.29, 0.717) is 22.6 Å². The number of nitro groups is 1. The Bertz CT molecular complexity index is 786. The number of carbonyl (C=O) groups is 1. The van der Waals surface area contributed by atoms with Gasteiger partial charge in [0.1, 0.15) is 0 Å². The van der Waals surface area contributed by atoms with E-state index in [4.69, 9.17) is 9.47 Å². The average Bonchev–Trinajstić information content (AvgIpc) is 3.02. The molecule has 1 heterocycles. The third-order valence-electron chi connectivity index (χ3n) is 3.12. The first kappa shape index (κ1) is 14.5. The van der Waals surface area contributed by atoms with Crippen molar-refractivity contribution in [2.45, 2.75) is 0 Å². The van der Waals surface area contributed by atoms with E-state index in [9.17, 15) is 14.9 Å².